The van der Waals surface area contributed by atoms with Gasteiger partial charge >= 0.3 is 0 Å². The first-order chi connectivity index (χ1) is 17.9. The lowest BCUT2D eigenvalue weighted by Gasteiger charge is -2.52. The Balaban J connectivity index is 1.57. The molecule has 1 aromatic carbocycles. The number of hydrogen-bond acceptors (Lipinski definition) is 10. The first kappa shape index (κ1) is 26.3. The fraction of sp³-hybridized carbons (Fsp3) is 0.481. The molecule has 5 rings (SSSR count). The van der Waals surface area contributed by atoms with Gasteiger partial charge in [0.1, 0.15) is 5.75 Å². The number of primary amides is 1. The van der Waals surface area contributed by atoms with E-state index in [1.807, 2.05) is 6.92 Å². The number of aromatic nitrogens is 1. The topological polar surface area (TPSA) is 168 Å². The number of fused-ring (bicyclic) bond motifs is 3. The van der Waals surface area contributed by atoms with Crippen LogP contribution >= 0.6 is 11.3 Å². The van der Waals surface area contributed by atoms with Gasteiger partial charge in [-0.15, -0.1) is 11.3 Å². The van der Waals surface area contributed by atoms with Gasteiger partial charge in [-0.3, -0.25) is 28.9 Å². The minimum atomic E-state index is -2.71. The Hall–Kier alpha value is -3.28. The number of phenols is 1. The minimum absolute atomic E-state index is 0.0233. The molecule has 6 atom stereocenters. The van der Waals surface area contributed by atoms with E-state index in [0.717, 1.165) is 16.1 Å². The molecule has 1 amide bonds. The van der Waals surface area contributed by atoms with E-state index < -0.39 is 64.4 Å². The Kier molecular flexibility index (Phi) is 6.36. The summed E-state index contributed by atoms with van der Waals surface area (Å²) >= 11 is 1.54. The molecule has 2 saturated carbocycles. The van der Waals surface area contributed by atoms with Crippen LogP contribution in [0.4, 0.5) is 0 Å². The number of hydrogen-bond donors (Lipinski definition) is 3. The summed E-state index contributed by atoms with van der Waals surface area (Å²) in [4.78, 5) is 73.0. The number of ketones is 4. The summed E-state index contributed by atoms with van der Waals surface area (Å²) in [5, 5.41) is 22.3. The number of aliphatic hydroxyl groups is 1. The molecular formula is C27H29N3O7S. The van der Waals surface area contributed by atoms with E-state index in [1.165, 1.54) is 11.0 Å². The lowest BCUT2D eigenvalue weighted by molar-refractivity contribution is -0.181. The van der Waals surface area contributed by atoms with Crippen molar-refractivity contribution in [2.24, 2.45) is 29.4 Å². The monoisotopic (exact) mass is 539 g/mol. The van der Waals surface area contributed by atoms with E-state index in [0.29, 0.717) is 18.4 Å². The highest BCUT2D eigenvalue weighted by Gasteiger charge is 2.69. The normalized spacial score (nSPS) is 30.7. The van der Waals surface area contributed by atoms with E-state index in [-0.39, 0.29) is 24.2 Å². The van der Waals surface area contributed by atoms with Crippen molar-refractivity contribution in [1.82, 2.24) is 9.88 Å². The molecule has 2 unspecified atom stereocenters. The first-order valence-electron chi connectivity index (χ1n) is 12.5. The van der Waals surface area contributed by atoms with Crippen LogP contribution in [0, 0.1) is 30.6 Å². The summed E-state index contributed by atoms with van der Waals surface area (Å²) in [5.74, 6) is -10.3. The number of aromatic hydroxyl groups is 1. The van der Waals surface area contributed by atoms with Crippen molar-refractivity contribution in [3.8, 4) is 5.75 Å². The third kappa shape index (κ3) is 3.67. The fourth-order valence-electron chi connectivity index (χ4n) is 6.72. The van der Waals surface area contributed by atoms with Gasteiger partial charge in [0.2, 0.25) is 5.91 Å². The summed E-state index contributed by atoms with van der Waals surface area (Å²) in [6.45, 7) is 1.93. The van der Waals surface area contributed by atoms with Crippen molar-refractivity contribution < 1.29 is 34.2 Å². The van der Waals surface area contributed by atoms with Crippen LogP contribution in [0.2, 0.25) is 0 Å². The lowest BCUT2D eigenvalue weighted by Crippen LogP contribution is -2.74. The maximum atomic E-state index is 13.8. The summed E-state index contributed by atoms with van der Waals surface area (Å²) in [5.41, 5.74) is 6.86. The van der Waals surface area contributed by atoms with Crippen LogP contribution in [-0.2, 0) is 38.4 Å². The molecule has 0 radical (unpaired) electrons. The predicted molar refractivity (Wildman–Crippen MR) is 136 cm³/mol. The zero-order valence-corrected chi connectivity index (χ0v) is 22.1. The van der Waals surface area contributed by atoms with Crippen LogP contribution in [0.15, 0.2) is 17.6 Å². The van der Waals surface area contributed by atoms with Gasteiger partial charge < -0.3 is 15.9 Å². The van der Waals surface area contributed by atoms with Crippen molar-refractivity contribution in [2.45, 2.75) is 44.2 Å². The van der Waals surface area contributed by atoms with Gasteiger partial charge in [0.25, 0.3) is 0 Å². The largest absolute Gasteiger partial charge is 0.507 e. The number of benzene rings is 1. The first-order valence-corrected chi connectivity index (χ1v) is 13.3. The average Bonchev–Trinajstić information content (AvgIpc) is 3.25. The molecule has 0 saturated heterocycles. The van der Waals surface area contributed by atoms with Crippen molar-refractivity contribution >= 4 is 40.4 Å². The summed E-state index contributed by atoms with van der Waals surface area (Å²) in [7, 11) is 3.12. The number of carbonyl (C=O) groups is 5. The number of carbonyl (C=O) groups excluding carboxylic acids is 5. The molecule has 1 heterocycles. The molecule has 3 aliphatic carbocycles. The molecule has 2 fully saturated rings. The number of thiazole rings is 1. The smallest absolute Gasteiger partial charge is 0.235 e. The number of nitrogens with two attached hydrogens (primary N) is 1. The summed E-state index contributed by atoms with van der Waals surface area (Å²) < 4.78 is 0. The average molecular weight is 540 g/mol. The molecule has 1 aromatic heterocycles. The summed E-state index contributed by atoms with van der Waals surface area (Å²) in [6.07, 6.45) is 1.58. The predicted octanol–water partition coefficient (Wildman–Crippen LogP) is 0.417. The molecule has 0 spiro atoms. The van der Waals surface area contributed by atoms with Gasteiger partial charge in [-0.1, -0.05) is 6.07 Å². The number of phenolic OH excluding ortho intramolecular Hbond substituents is 1. The van der Waals surface area contributed by atoms with Gasteiger partial charge in [0.05, 0.1) is 28.7 Å². The second-order valence-electron chi connectivity index (χ2n) is 10.7. The number of nitrogens with zero attached hydrogens (tertiary/aromatic N) is 2. The quantitative estimate of drug-likeness (QED) is 0.456. The van der Waals surface area contributed by atoms with Crippen LogP contribution in [-0.4, -0.2) is 74.9 Å². The highest BCUT2D eigenvalue weighted by atomic mass is 32.1. The van der Waals surface area contributed by atoms with Crippen LogP contribution < -0.4 is 5.73 Å². The molecule has 10 nitrogen and oxygen atoms in total. The molecule has 3 aliphatic rings. The molecular weight excluding hydrogens is 510 g/mol. The Morgan fingerprint density at radius 2 is 1.89 bits per heavy atom. The molecule has 200 valence electrons. The minimum Gasteiger partial charge on any atom is -0.507 e. The number of rotatable bonds is 5. The zero-order chi connectivity index (χ0) is 27.7. The zero-order valence-electron chi connectivity index (χ0n) is 21.3. The molecule has 0 aliphatic heterocycles. The number of Topliss-reactive ketones (excluding diaryl/α,β-unsaturated/α-hetero) is 4. The van der Waals surface area contributed by atoms with E-state index in [1.54, 1.807) is 37.0 Å². The third-order valence-electron chi connectivity index (χ3n) is 8.51. The van der Waals surface area contributed by atoms with Gasteiger partial charge in [-0.2, -0.15) is 0 Å². The van der Waals surface area contributed by atoms with Crippen LogP contribution in [0.5, 0.6) is 5.75 Å². The van der Waals surface area contributed by atoms with Gasteiger partial charge in [-0.25, -0.2) is 4.98 Å². The molecule has 4 N–H and O–H groups in total. The van der Waals surface area contributed by atoms with Gasteiger partial charge in [-0.05, 0) is 69.8 Å². The second-order valence-corrected chi connectivity index (χ2v) is 11.7. The van der Waals surface area contributed by atoms with Gasteiger partial charge in [0, 0.05) is 10.8 Å². The van der Waals surface area contributed by atoms with Crippen LogP contribution in [0.1, 0.15) is 38.5 Å². The number of amides is 1. The number of likely N-dealkylation sites (N-methyl/N-ethyl adjacent to an activating group) is 1. The molecule has 0 bridgehead atoms. The molecule has 38 heavy (non-hydrogen) atoms. The Morgan fingerprint density at radius 3 is 2.50 bits per heavy atom. The summed E-state index contributed by atoms with van der Waals surface area (Å²) in [6, 6.07) is 2.08. The SMILES string of the molecule is Cc1ncsc1CCc1ccc(O)c2c1C[C@H]1C[C@H]3[C@H](N(C)C)C(=O)C(C(N)=O)C(=O)[C@@]3(O)C(=O)C1C2=O. The number of aryl methyl sites for hydroxylation is 3. The van der Waals surface area contributed by atoms with E-state index in [9.17, 15) is 34.2 Å². The fourth-order valence-corrected chi connectivity index (χ4v) is 7.50. The standard InChI is InChI=1S/C27H29N3O7S/c1-11-17(38-10-29-11)7-5-12-4-6-16(31)19-14(12)8-13-9-15-21(30(2)3)23(33)20(26(28)36)25(35)27(15,37)24(34)18(13)22(19)32/h4,6,10,13,15,18,20-21,31,37H,5,7-9H2,1-3H3,(H2,28,36)/t13-,15-,18?,20?,21-,27-/m0/s1. The Bertz CT molecular complexity index is 1400. The Morgan fingerprint density at radius 1 is 1.18 bits per heavy atom. The van der Waals surface area contributed by atoms with Gasteiger partial charge in [0.15, 0.2) is 34.7 Å². The lowest BCUT2D eigenvalue weighted by atomic mass is 9.52. The maximum absolute atomic E-state index is 13.8. The van der Waals surface area contributed by atoms with Crippen molar-refractivity contribution in [2.75, 3.05) is 14.1 Å². The second kappa shape index (κ2) is 9.18. The molecule has 2 aromatic rings. The highest BCUT2D eigenvalue weighted by Crippen LogP contribution is 2.51. The third-order valence-corrected chi connectivity index (χ3v) is 9.50. The van der Waals surface area contributed by atoms with E-state index in [4.69, 9.17) is 5.73 Å². The van der Waals surface area contributed by atoms with Crippen molar-refractivity contribution in [3.05, 3.63) is 44.9 Å². The van der Waals surface area contributed by atoms with Crippen LogP contribution in [0.25, 0.3) is 0 Å². The van der Waals surface area contributed by atoms with E-state index in [2.05, 4.69) is 4.98 Å². The van der Waals surface area contributed by atoms with Crippen molar-refractivity contribution in [1.29, 1.82) is 0 Å². The Labute approximate surface area is 222 Å². The van der Waals surface area contributed by atoms with Crippen molar-refractivity contribution in [3.63, 3.8) is 0 Å². The maximum Gasteiger partial charge on any atom is 0.235 e. The van der Waals surface area contributed by atoms with Crippen LogP contribution in [0.3, 0.4) is 0 Å². The highest BCUT2D eigenvalue weighted by molar-refractivity contribution is 7.09. The molecule has 11 heteroatoms. The van der Waals surface area contributed by atoms with E-state index >= 15 is 0 Å².